The van der Waals surface area contributed by atoms with Crippen LogP contribution in [0.25, 0.3) is 0 Å². The summed E-state index contributed by atoms with van der Waals surface area (Å²) in [6.07, 6.45) is 5.10. The second kappa shape index (κ2) is 2.55. The minimum atomic E-state index is 0.111. The summed E-state index contributed by atoms with van der Waals surface area (Å²) in [5.74, 6) is 0.634. The lowest BCUT2D eigenvalue weighted by atomic mass is 9.87. The summed E-state index contributed by atoms with van der Waals surface area (Å²) in [7, 11) is 0. The van der Waals surface area contributed by atoms with Crippen molar-refractivity contribution >= 4 is 0 Å². The predicted molar refractivity (Wildman–Crippen MR) is 46.3 cm³/mol. The van der Waals surface area contributed by atoms with Gasteiger partial charge in [0.25, 0.3) is 0 Å². The molecular formula is C10H10O2. The highest BCUT2D eigenvalue weighted by molar-refractivity contribution is 5.44. The third-order valence-electron chi connectivity index (χ3n) is 2.17. The molecule has 1 atom stereocenters. The number of aromatic hydroxyl groups is 2. The van der Waals surface area contributed by atoms with E-state index in [-0.39, 0.29) is 11.5 Å². The topological polar surface area (TPSA) is 40.5 Å². The van der Waals surface area contributed by atoms with Crippen molar-refractivity contribution in [1.82, 2.24) is 0 Å². The molecule has 1 aromatic carbocycles. The molecule has 1 aromatic rings. The van der Waals surface area contributed by atoms with Gasteiger partial charge in [-0.3, -0.25) is 0 Å². The van der Waals surface area contributed by atoms with Crippen LogP contribution in [0.4, 0.5) is 0 Å². The Balaban J connectivity index is 2.37. The molecule has 0 fully saturated rings. The molecule has 2 rings (SSSR count). The van der Waals surface area contributed by atoms with Crippen LogP contribution >= 0.6 is 0 Å². The largest absolute Gasteiger partial charge is 0.508 e. The Bertz CT molecular complexity index is 329. The molecule has 0 saturated heterocycles. The van der Waals surface area contributed by atoms with E-state index in [4.69, 9.17) is 5.11 Å². The number of hydrogen-bond acceptors (Lipinski definition) is 2. The third-order valence-corrected chi connectivity index (χ3v) is 2.17. The van der Waals surface area contributed by atoms with Crippen LogP contribution in [0.2, 0.25) is 0 Å². The van der Waals surface area contributed by atoms with Crippen molar-refractivity contribution in [3.05, 3.63) is 35.9 Å². The van der Waals surface area contributed by atoms with E-state index in [0.29, 0.717) is 5.92 Å². The number of rotatable bonds is 1. The van der Waals surface area contributed by atoms with Gasteiger partial charge < -0.3 is 10.2 Å². The molecular weight excluding hydrogens is 152 g/mol. The highest BCUT2D eigenvalue weighted by Gasteiger charge is 2.16. The van der Waals surface area contributed by atoms with Crippen LogP contribution < -0.4 is 0 Å². The lowest BCUT2D eigenvalue weighted by Crippen LogP contribution is -2.00. The van der Waals surface area contributed by atoms with Gasteiger partial charge in [0.15, 0.2) is 0 Å². The molecule has 0 aromatic heterocycles. The smallest absolute Gasteiger partial charge is 0.123 e. The van der Waals surface area contributed by atoms with Gasteiger partial charge in [0.2, 0.25) is 0 Å². The van der Waals surface area contributed by atoms with E-state index in [1.54, 1.807) is 12.1 Å². The summed E-state index contributed by atoms with van der Waals surface area (Å²) in [6, 6.07) is 4.74. The molecule has 1 unspecified atom stereocenters. The van der Waals surface area contributed by atoms with Gasteiger partial charge in [0, 0.05) is 17.5 Å². The quantitative estimate of drug-likeness (QED) is 0.621. The van der Waals surface area contributed by atoms with E-state index >= 15 is 0 Å². The molecule has 0 heterocycles. The van der Waals surface area contributed by atoms with Gasteiger partial charge in [0.1, 0.15) is 11.5 Å². The Kier molecular flexibility index (Phi) is 1.54. The highest BCUT2D eigenvalue weighted by atomic mass is 16.3. The zero-order valence-corrected chi connectivity index (χ0v) is 6.57. The molecule has 12 heavy (non-hydrogen) atoms. The first-order valence-corrected chi connectivity index (χ1v) is 3.96. The van der Waals surface area contributed by atoms with Crippen molar-refractivity contribution in [1.29, 1.82) is 0 Å². The molecule has 1 aliphatic rings. The maximum Gasteiger partial charge on any atom is 0.123 e. The zero-order valence-electron chi connectivity index (χ0n) is 6.57. The molecule has 62 valence electrons. The molecule has 0 bridgehead atoms. The van der Waals surface area contributed by atoms with Gasteiger partial charge in [-0.05, 0) is 12.5 Å². The molecule has 0 spiro atoms. The molecule has 1 aliphatic carbocycles. The van der Waals surface area contributed by atoms with Crippen molar-refractivity contribution in [3.63, 3.8) is 0 Å². The average Bonchev–Trinajstić information content (AvgIpc) is 1.91. The first-order chi connectivity index (χ1) is 5.77. The Morgan fingerprint density at radius 2 is 2.00 bits per heavy atom. The monoisotopic (exact) mass is 162 g/mol. The van der Waals surface area contributed by atoms with Crippen LogP contribution in [0.1, 0.15) is 17.9 Å². The van der Waals surface area contributed by atoms with Crippen molar-refractivity contribution in [2.75, 3.05) is 0 Å². The highest BCUT2D eigenvalue weighted by Crippen LogP contribution is 2.36. The number of hydrogen-bond donors (Lipinski definition) is 2. The predicted octanol–water partition coefficient (Wildman–Crippen LogP) is 2.14. The van der Waals surface area contributed by atoms with Crippen molar-refractivity contribution in [2.24, 2.45) is 0 Å². The summed E-state index contributed by atoms with van der Waals surface area (Å²) in [4.78, 5) is 0. The normalized spacial score (nSPS) is 20.5. The molecule has 0 saturated carbocycles. The van der Waals surface area contributed by atoms with Gasteiger partial charge in [-0.15, -0.1) is 0 Å². The fraction of sp³-hybridized carbons (Fsp3) is 0.200. The van der Waals surface area contributed by atoms with Crippen LogP contribution in [0.5, 0.6) is 11.5 Å². The van der Waals surface area contributed by atoms with E-state index in [9.17, 15) is 5.11 Å². The van der Waals surface area contributed by atoms with Crippen LogP contribution in [-0.4, -0.2) is 10.2 Å². The minimum Gasteiger partial charge on any atom is -0.508 e. The lowest BCUT2D eigenvalue weighted by Gasteiger charge is -2.18. The Morgan fingerprint density at radius 1 is 1.25 bits per heavy atom. The molecule has 0 aliphatic heterocycles. The van der Waals surface area contributed by atoms with E-state index in [1.165, 1.54) is 6.07 Å². The Morgan fingerprint density at radius 3 is 2.50 bits per heavy atom. The fourth-order valence-electron chi connectivity index (χ4n) is 1.35. The number of benzene rings is 1. The SMILES string of the molecule is Oc1ccc(C2C=CC2)c(O)c1. The zero-order chi connectivity index (χ0) is 8.55. The molecule has 0 radical (unpaired) electrons. The second-order valence-electron chi connectivity index (χ2n) is 3.01. The standard InChI is InChI=1S/C10H10O2/c11-8-4-5-9(10(12)6-8)7-2-1-3-7/h1-2,4-7,11-12H,3H2. The summed E-state index contributed by atoms with van der Waals surface area (Å²) in [5.41, 5.74) is 0.898. The van der Waals surface area contributed by atoms with E-state index in [1.807, 2.05) is 6.08 Å². The molecule has 2 nitrogen and oxygen atoms in total. The van der Waals surface area contributed by atoms with Crippen LogP contribution in [0.3, 0.4) is 0 Å². The number of phenols is 2. The number of allylic oxidation sites excluding steroid dienone is 2. The maximum absolute atomic E-state index is 9.43. The van der Waals surface area contributed by atoms with Crippen molar-refractivity contribution < 1.29 is 10.2 Å². The van der Waals surface area contributed by atoms with Crippen LogP contribution in [-0.2, 0) is 0 Å². The first-order valence-electron chi connectivity index (χ1n) is 3.96. The maximum atomic E-state index is 9.43. The Labute approximate surface area is 70.8 Å². The average molecular weight is 162 g/mol. The summed E-state index contributed by atoms with van der Waals surface area (Å²) < 4.78 is 0. The van der Waals surface area contributed by atoms with Gasteiger partial charge >= 0.3 is 0 Å². The van der Waals surface area contributed by atoms with Crippen LogP contribution in [0.15, 0.2) is 30.4 Å². The number of phenolic OH excluding ortho intramolecular Hbond substituents is 2. The van der Waals surface area contributed by atoms with Gasteiger partial charge in [-0.2, -0.15) is 0 Å². The first kappa shape index (κ1) is 7.22. The minimum absolute atomic E-state index is 0.111. The van der Waals surface area contributed by atoms with Crippen molar-refractivity contribution in [3.8, 4) is 11.5 Å². The summed E-state index contributed by atoms with van der Waals surface area (Å²) in [5, 5.41) is 18.5. The van der Waals surface area contributed by atoms with E-state index < -0.39 is 0 Å². The molecule has 2 heteroatoms. The Hall–Kier alpha value is -1.44. The second-order valence-corrected chi connectivity index (χ2v) is 3.01. The fourth-order valence-corrected chi connectivity index (χ4v) is 1.35. The van der Waals surface area contributed by atoms with Crippen molar-refractivity contribution in [2.45, 2.75) is 12.3 Å². The third kappa shape index (κ3) is 1.05. The summed E-state index contributed by atoms with van der Waals surface area (Å²) in [6.45, 7) is 0. The van der Waals surface area contributed by atoms with Crippen LogP contribution in [0, 0.1) is 0 Å². The van der Waals surface area contributed by atoms with E-state index in [0.717, 1.165) is 12.0 Å². The molecule has 0 amide bonds. The lowest BCUT2D eigenvalue weighted by molar-refractivity contribution is 0.443. The van der Waals surface area contributed by atoms with Gasteiger partial charge in [0.05, 0.1) is 0 Å². The van der Waals surface area contributed by atoms with Gasteiger partial charge in [-0.1, -0.05) is 18.2 Å². The van der Waals surface area contributed by atoms with Gasteiger partial charge in [-0.25, -0.2) is 0 Å². The summed E-state index contributed by atoms with van der Waals surface area (Å²) >= 11 is 0. The van der Waals surface area contributed by atoms with E-state index in [2.05, 4.69) is 6.08 Å². The molecule has 2 N–H and O–H groups in total.